The van der Waals surface area contributed by atoms with Gasteiger partial charge in [0.15, 0.2) is 0 Å². The van der Waals surface area contributed by atoms with Crippen LogP contribution in [0.3, 0.4) is 0 Å². The molecule has 0 saturated carbocycles. The van der Waals surface area contributed by atoms with E-state index in [9.17, 15) is 4.79 Å². The number of rotatable bonds is 1. The lowest BCUT2D eigenvalue weighted by Crippen LogP contribution is -2.58. The van der Waals surface area contributed by atoms with E-state index < -0.39 is 0 Å². The van der Waals surface area contributed by atoms with E-state index in [4.69, 9.17) is 0 Å². The van der Waals surface area contributed by atoms with Crippen LogP contribution in [0.1, 0.15) is 36.6 Å². The average Bonchev–Trinajstić information content (AvgIpc) is 2.86. The van der Waals surface area contributed by atoms with Crippen LogP contribution in [-0.4, -0.2) is 29.4 Å². The molecule has 1 saturated heterocycles. The zero-order valence-electron chi connectivity index (χ0n) is 11.3. The summed E-state index contributed by atoms with van der Waals surface area (Å²) in [5.74, 6) is 0.291. The fraction of sp³-hybridized carbons (Fsp3) is 0.643. The lowest BCUT2D eigenvalue weighted by atomic mass is 9.89. The molecular formula is C14H21ClN2OS. The van der Waals surface area contributed by atoms with Crippen molar-refractivity contribution in [3.05, 3.63) is 21.9 Å². The van der Waals surface area contributed by atoms with Gasteiger partial charge in [-0.25, -0.2) is 0 Å². The molecule has 3 nitrogen and oxygen atoms in total. The molecule has 0 aromatic carbocycles. The summed E-state index contributed by atoms with van der Waals surface area (Å²) in [7, 11) is 0. The molecule has 1 aromatic rings. The first-order valence-corrected chi connectivity index (χ1v) is 7.67. The summed E-state index contributed by atoms with van der Waals surface area (Å²) in [6.07, 6.45) is 4.35. The first-order chi connectivity index (χ1) is 8.69. The third kappa shape index (κ3) is 2.81. The summed E-state index contributed by atoms with van der Waals surface area (Å²) < 4.78 is 0. The molecule has 3 rings (SSSR count). The van der Waals surface area contributed by atoms with Crippen LogP contribution >= 0.6 is 23.7 Å². The van der Waals surface area contributed by atoms with Crippen molar-refractivity contribution in [3.8, 4) is 0 Å². The number of amides is 1. The Morgan fingerprint density at radius 3 is 3.05 bits per heavy atom. The molecule has 0 radical (unpaired) electrons. The van der Waals surface area contributed by atoms with Crippen LogP contribution < -0.4 is 5.32 Å². The van der Waals surface area contributed by atoms with Gasteiger partial charge in [0.2, 0.25) is 5.91 Å². The van der Waals surface area contributed by atoms with Gasteiger partial charge in [0, 0.05) is 18.0 Å². The summed E-state index contributed by atoms with van der Waals surface area (Å²) in [5, 5.41) is 5.56. The van der Waals surface area contributed by atoms with Gasteiger partial charge in [0.05, 0.1) is 5.54 Å². The molecule has 0 aliphatic carbocycles. The minimum atomic E-state index is -0.328. The van der Waals surface area contributed by atoms with Gasteiger partial charge in [-0.2, -0.15) is 0 Å². The molecule has 0 spiro atoms. The highest BCUT2D eigenvalue weighted by Gasteiger charge is 2.38. The summed E-state index contributed by atoms with van der Waals surface area (Å²) >= 11 is 1.82. The molecule has 0 bridgehead atoms. The topological polar surface area (TPSA) is 32.3 Å². The first-order valence-electron chi connectivity index (χ1n) is 6.79. The Bertz CT molecular complexity index is 454. The zero-order valence-corrected chi connectivity index (χ0v) is 12.9. The first kappa shape index (κ1) is 14.8. The summed E-state index contributed by atoms with van der Waals surface area (Å²) in [4.78, 5) is 16.2. The standard InChI is InChI=1S/C14H20N2OS.ClH/c1-14(6-2-3-7-15-14)13(17)16-8-4-12-11(10-16)5-9-18-12;/h5,9,15H,2-4,6-8,10H2,1H3;1H. The maximum absolute atomic E-state index is 12.7. The molecule has 2 aliphatic rings. The van der Waals surface area contributed by atoms with Gasteiger partial charge in [-0.1, -0.05) is 0 Å². The Labute approximate surface area is 124 Å². The van der Waals surface area contributed by atoms with Crippen LogP contribution in [0.25, 0.3) is 0 Å². The second-order valence-corrected chi connectivity index (χ2v) is 6.56. The number of fused-ring (bicyclic) bond motifs is 1. The largest absolute Gasteiger partial charge is 0.336 e. The van der Waals surface area contributed by atoms with Crippen molar-refractivity contribution in [1.82, 2.24) is 10.2 Å². The van der Waals surface area contributed by atoms with Crippen LogP contribution in [0.4, 0.5) is 0 Å². The predicted octanol–water partition coefficient (Wildman–Crippen LogP) is 2.59. The lowest BCUT2D eigenvalue weighted by Gasteiger charge is -2.39. The lowest BCUT2D eigenvalue weighted by molar-refractivity contribution is -0.139. The van der Waals surface area contributed by atoms with E-state index in [2.05, 4.69) is 23.7 Å². The van der Waals surface area contributed by atoms with E-state index in [1.807, 2.05) is 16.2 Å². The van der Waals surface area contributed by atoms with Crippen molar-refractivity contribution in [3.63, 3.8) is 0 Å². The van der Waals surface area contributed by atoms with Gasteiger partial charge < -0.3 is 10.2 Å². The number of hydrogen-bond acceptors (Lipinski definition) is 3. The van der Waals surface area contributed by atoms with E-state index in [1.165, 1.54) is 16.9 Å². The van der Waals surface area contributed by atoms with Crippen molar-refractivity contribution in [2.75, 3.05) is 13.1 Å². The quantitative estimate of drug-likeness (QED) is 0.864. The minimum Gasteiger partial charge on any atom is -0.336 e. The van der Waals surface area contributed by atoms with E-state index >= 15 is 0 Å². The van der Waals surface area contributed by atoms with Gasteiger partial charge in [0.1, 0.15) is 0 Å². The van der Waals surface area contributed by atoms with Gasteiger partial charge in [-0.3, -0.25) is 4.79 Å². The van der Waals surface area contributed by atoms with Crippen LogP contribution in [0.15, 0.2) is 11.4 Å². The highest BCUT2D eigenvalue weighted by molar-refractivity contribution is 7.10. The Morgan fingerprint density at radius 1 is 1.47 bits per heavy atom. The summed E-state index contributed by atoms with van der Waals surface area (Å²) in [6.45, 7) is 4.72. The number of halogens is 1. The highest BCUT2D eigenvalue weighted by atomic mass is 35.5. The van der Waals surface area contributed by atoms with Gasteiger partial charge >= 0.3 is 0 Å². The molecule has 19 heavy (non-hydrogen) atoms. The molecule has 106 valence electrons. The van der Waals surface area contributed by atoms with E-state index in [0.29, 0.717) is 5.91 Å². The predicted molar refractivity (Wildman–Crippen MR) is 80.9 cm³/mol. The summed E-state index contributed by atoms with van der Waals surface area (Å²) in [5.41, 5.74) is 1.02. The van der Waals surface area contributed by atoms with Crippen molar-refractivity contribution in [2.45, 2.75) is 44.7 Å². The number of thiophene rings is 1. The number of piperidine rings is 1. The SMILES string of the molecule is CC1(C(=O)N2CCc3sccc3C2)CCCCN1.Cl. The Balaban J connectivity index is 0.00000133. The molecule has 3 heterocycles. The Kier molecular flexibility index (Phi) is 4.54. The number of carbonyl (C=O) groups is 1. The van der Waals surface area contributed by atoms with Crippen molar-refractivity contribution in [1.29, 1.82) is 0 Å². The Hall–Kier alpha value is -0.580. The highest BCUT2D eigenvalue weighted by Crippen LogP contribution is 2.27. The summed E-state index contributed by atoms with van der Waals surface area (Å²) in [6, 6.07) is 2.16. The molecule has 1 amide bonds. The van der Waals surface area contributed by atoms with Crippen molar-refractivity contribution in [2.24, 2.45) is 0 Å². The average molecular weight is 301 g/mol. The third-order valence-electron chi connectivity index (χ3n) is 4.19. The number of nitrogens with one attached hydrogen (secondary N) is 1. The van der Waals surface area contributed by atoms with Crippen LogP contribution in [0.2, 0.25) is 0 Å². The number of nitrogens with zero attached hydrogens (tertiary/aromatic N) is 1. The van der Waals surface area contributed by atoms with Gasteiger partial charge in [0.25, 0.3) is 0 Å². The smallest absolute Gasteiger partial charge is 0.242 e. The van der Waals surface area contributed by atoms with Crippen LogP contribution in [0.5, 0.6) is 0 Å². The minimum absolute atomic E-state index is 0. The second-order valence-electron chi connectivity index (χ2n) is 5.56. The number of carbonyl (C=O) groups excluding carboxylic acids is 1. The van der Waals surface area contributed by atoms with Crippen LogP contribution in [-0.2, 0) is 17.8 Å². The molecule has 2 aliphatic heterocycles. The van der Waals surface area contributed by atoms with E-state index in [-0.39, 0.29) is 17.9 Å². The zero-order chi connectivity index (χ0) is 12.6. The maximum atomic E-state index is 12.7. The van der Waals surface area contributed by atoms with E-state index in [0.717, 1.165) is 38.9 Å². The fourth-order valence-corrected chi connectivity index (χ4v) is 3.90. The molecule has 5 heteroatoms. The molecule has 1 unspecified atom stereocenters. The fourth-order valence-electron chi connectivity index (χ4n) is 3.01. The monoisotopic (exact) mass is 300 g/mol. The normalized spacial score (nSPS) is 26.5. The molecule has 1 N–H and O–H groups in total. The molecule has 1 atom stereocenters. The molecule has 1 fully saturated rings. The van der Waals surface area contributed by atoms with Gasteiger partial charge in [-0.15, -0.1) is 23.7 Å². The third-order valence-corrected chi connectivity index (χ3v) is 5.21. The van der Waals surface area contributed by atoms with Crippen molar-refractivity contribution < 1.29 is 4.79 Å². The van der Waals surface area contributed by atoms with Crippen molar-refractivity contribution >= 4 is 29.7 Å². The number of hydrogen-bond donors (Lipinski definition) is 1. The maximum Gasteiger partial charge on any atom is 0.242 e. The Morgan fingerprint density at radius 2 is 2.32 bits per heavy atom. The van der Waals surface area contributed by atoms with Gasteiger partial charge in [-0.05, 0) is 56.2 Å². The van der Waals surface area contributed by atoms with Crippen LogP contribution in [0, 0.1) is 0 Å². The molecular weight excluding hydrogens is 280 g/mol. The van der Waals surface area contributed by atoms with E-state index in [1.54, 1.807) is 0 Å². The second kappa shape index (κ2) is 5.81. The molecule has 1 aromatic heterocycles.